The smallest absolute Gasteiger partial charge is 0.339 e. The highest BCUT2D eigenvalue weighted by atomic mass is 35.7. The van der Waals surface area contributed by atoms with E-state index in [2.05, 4.69) is 0 Å². The third-order valence-corrected chi connectivity index (χ3v) is 5.67. The fourth-order valence-corrected chi connectivity index (χ4v) is 3.71. The molecule has 1 aliphatic carbocycles. The first kappa shape index (κ1) is 12.9. The predicted octanol–water partition coefficient (Wildman–Crippen LogP) is 2.78. The van der Waals surface area contributed by atoms with Crippen molar-refractivity contribution >= 4 is 37.0 Å². The van der Waals surface area contributed by atoms with Gasteiger partial charge in [0.25, 0.3) is 9.05 Å². The van der Waals surface area contributed by atoms with Crippen molar-refractivity contribution in [2.75, 3.05) is 0 Å². The van der Waals surface area contributed by atoms with Gasteiger partial charge in [-0.15, -0.1) is 11.3 Å². The second kappa shape index (κ2) is 4.96. The Morgan fingerprint density at radius 3 is 2.59 bits per heavy atom. The maximum Gasteiger partial charge on any atom is 0.339 e. The third kappa shape index (κ3) is 3.20. The summed E-state index contributed by atoms with van der Waals surface area (Å²) in [6.45, 7) is 0. The molecule has 0 aromatic carbocycles. The van der Waals surface area contributed by atoms with Crippen molar-refractivity contribution in [1.29, 1.82) is 0 Å². The maximum atomic E-state index is 11.7. The van der Waals surface area contributed by atoms with Crippen LogP contribution in [0.4, 0.5) is 0 Å². The molecular weight excluding hydrogens is 284 g/mol. The van der Waals surface area contributed by atoms with Gasteiger partial charge in [-0.2, -0.15) is 0 Å². The summed E-state index contributed by atoms with van der Waals surface area (Å²) >= 11 is 0.922. The minimum atomic E-state index is -3.76. The summed E-state index contributed by atoms with van der Waals surface area (Å²) in [5, 5.41) is 1.45. The van der Waals surface area contributed by atoms with E-state index in [1.165, 1.54) is 11.4 Å². The largest absolute Gasteiger partial charge is 0.459 e. The monoisotopic (exact) mass is 294 g/mol. The third-order valence-electron chi connectivity index (χ3n) is 2.63. The molecule has 1 aromatic rings. The Morgan fingerprint density at radius 2 is 2.06 bits per heavy atom. The van der Waals surface area contributed by atoms with E-state index in [9.17, 15) is 13.2 Å². The molecule has 1 fully saturated rings. The van der Waals surface area contributed by atoms with Crippen LogP contribution < -0.4 is 0 Å². The van der Waals surface area contributed by atoms with E-state index < -0.39 is 15.0 Å². The first-order chi connectivity index (χ1) is 7.97. The molecule has 94 valence electrons. The normalized spacial score (nSPS) is 17.2. The first-order valence-electron chi connectivity index (χ1n) is 5.21. The molecule has 0 aliphatic heterocycles. The van der Waals surface area contributed by atoms with E-state index in [0.29, 0.717) is 0 Å². The molecule has 0 unspecified atom stereocenters. The van der Waals surface area contributed by atoms with Gasteiger partial charge < -0.3 is 4.74 Å². The first-order valence-corrected chi connectivity index (χ1v) is 8.40. The van der Waals surface area contributed by atoms with Crippen LogP contribution in [0.1, 0.15) is 36.0 Å². The maximum absolute atomic E-state index is 11.7. The minimum absolute atomic E-state index is 0.0292. The lowest BCUT2D eigenvalue weighted by Crippen LogP contribution is -2.14. The number of hydrogen-bond acceptors (Lipinski definition) is 5. The highest BCUT2D eigenvalue weighted by Crippen LogP contribution is 2.26. The number of esters is 1. The lowest BCUT2D eigenvalue weighted by atomic mass is 10.3. The topological polar surface area (TPSA) is 60.4 Å². The average molecular weight is 295 g/mol. The standard InChI is InChI=1S/C10H11ClO4S2/c11-17(13,14)9-5-7(6-16-9)10(12)15-8-3-1-2-4-8/h5-6,8H,1-4H2. The number of halogens is 1. The molecule has 0 N–H and O–H groups in total. The van der Waals surface area contributed by atoms with Crippen molar-refractivity contribution in [1.82, 2.24) is 0 Å². The molecule has 0 bridgehead atoms. The minimum Gasteiger partial charge on any atom is -0.459 e. The summed E-state index contributed by atoms with van der Waals surface area (Å²) in [5.41, 5.74) is 0.251. The molecule has 1 saturated carbocycles. The summed E-state index contributed by atoms with van der Waals surface area (Å²) in [5.74, 6) is -0.472. The fraction of sp³-hybridized carbons (Fsp3) is 0.500. The lowest BCUT2D eigenvalue weighted by molar-refractivity contribution is 0.0318. The van der Waals surface area contributed by atoms with E-state index in [-0.39, 0.29) is 15.9 Å². The molecule has 1 heterocycles. The van der Waals surface area contributed by atoms with Gasteiger partial charge in [-0.05, 0) is 31.7 Å². The SMILES string of the molecule is O=C(OC1CCCC1)c1csc(S(=O)(=O)Cl)c1. The van der Waals surface area contributed by atoms with E-state index in [1.807, 2.05) is 0 Å². The fourth-order valence-electron chi connectivity index (χ4n) is 1.78. The highest BCUT2D eigenvalue weighted by molar-refractivity contribution is 8.15. The molecular formula is C10H11ClO4S2. The second-order valence-corrected chi connectivity index (χ2v) is 7.61. The van der Waals surface area contributed by atoms with Crippen molar-refractivity contribution in [3.8, 4) is 0 Å². The van der Waals surface area contributed by atoms with Crippen LogP contribution in [0.5, 0.6) is 0 Å². The molecule has 4 nitrogen and oxygen atoms in total. The van der Waals surface area contributed by atoms with Crippen LogP contribution in [0.3, 0.4) is 0 Å². The zero-order valence-electron chi connectivity index (χ0n) is 8.89. The Labute approximate surface area is 108 Å². The van der Waals surface area contributed by atoms with Gasteiger partial charge in [-0.3, -0.25) is 0 Å². The van der Waals surface area contributed by atoms with Gasteiger partial charge in [0.05, 0.1) is 5.56 Å². The van der Waals surface area contributed by atoms with Gasteiger partial charge in [0.1, 0.15) is 10.3 Å². The number of carbonyl (C=O) groups is 1. The summed E-state index contributed by atoms with van der Waals surface area (Å²) in [7, 11) is 1.42. The van der Waals surface area contributed by atoms with Crippen LogP contribution in [0, 0.1) is 0 Å². The molecule has 0 radical (unpaired) electrons. The van der Waals surface area contributed by atoms with Gasteiger partial charge in [0.15, 0.2) is 0 Å². The Hall–Kier alpha value is -0.590. The molecule has 0 spiro atoms. The van der Waals surface area contributed by atoms with Crippen LogP contribution in [-0.2, 0) is 13.8 Å². The van der Waals surface area contributed by atoms with Crippen LogP contribution in [-0.4, -0.2) is 20.5 Å². The molecule has 0 saturated heterocycles. The Kier molecular flexibility index (Phi) is 3.75. The number of thiophene rings is 1. The lowest BCUT2D eigenvalue weighted by Gasteiger charge is -2.09. The van der Waals surface area contributed by atoms with E-state index >= 15 is 0 Å². The summed E-state index contributed by atoms with van der Waals surface area (Å²) < 4.78 is 27.3. The number of hydrogen-bond donors (Lipinski definition) is 0. The van der Waals surface area contributed by atoms with Crippen molar-refractivity contribution in [2.24, 2.45) is 0 Å². The van der Waals surface area contributed by atoms with E-state index in [1.54, 1.807) is 0 Å². The number of carbonyl (C=O) groups excluding carboxylic acids is 1. The zero-order valence-corrected chi connectivity index (χ0v) is 11.3. The summed E-state index contributed by atoms with van der Waals surface area (Å²) in [6, 6.07) is 1.25. The quantitative estimate of drug-likeness (QED) is 0.635. The molecule has 17 heavy (non-hydrogen) atoms. The molecule has 0 amide bonds. The zero-order chi connectivity index (χ0) is 12.5. The summed E-state index contributed by atoms with van der Waals surface area (Å²) in [6.07, 6.45) is 3.89. The highest BCUT2D eigenvalue weighted by Gasteiger charge is 2.22. The van der Waals surface area contributed by atoms with Gasteiger partial charge in [-0.1, -0.05) is 0 Å². The van der Waals surface area contributed by atoms with Crippen LogP contribution in [0.25, 0.3) is 0 Å². The second-order valence-electron chi connectivity index (χ2n) is 3.90. The molecule has 1 aliphatic rings. The Balaban J connectivity index is 2.07. The summed E-state index contributed by atoms with van der Waals surface area (Å²) in [4.78, 5) is 11.7. The molecule has 7 heteroatoms. The van der Waals surface area contributed by atoms with Crippen LogP contribution in [0.15, 0.2) is 15.7 Å². The Bertz CT molecular complexity index is 514. The van der Waals surface area contributed by atoms with Crippen molar-refractivity contribution < 1.29 is 17.9 Å². The molecule has 0 atom stereocenters. The van der Waals surface area contributed by atoms with Gasteiger partial charge in [0, 0.05) is 16.1 Å². The van der Waals surface area contributed by atoms with Crippen molar-refractivity contribution in [2.45, 2.75) is 36.0 Å². The number of rotatable bonds is 3. The molecule has 2 rings (SSSR count). The van der Waals surface area contributed by atoms with Crippen LogP contribution in [0.2, 0.25) is 0 Å². The van der Waals surface area contributed by atoms with Gasteiger partial charge in [0.2, 0.25) is 0 Å². The number of ether oxygens (including phenoxy) is 1. The van der Waals surface area contributed by atoms with Crippen molar-refractivity contribution in [3.63, 3.8) is 0 Å². The van der Waals surface area contributed by atoms with Gasteiger partial charge >= 0.3 is 5.97 Å². The average Bonchev–Trinajstić information content (AvgIpc) is 2.85. The predicted molar refractivity (Wildman–Crippen MR) is 65.0 cm³/mol. The molecule has 1 aromatic heterocycles. The van der Waals surface area contributed by atoms with Crippen molar-refractivity contribution in [3.05, 3.63) is 17.0 Å². The Morgan fingerprint density at radius 1 is 1.41 bits per heavy atom. The van der Waals surface area contributed by atoms with E-state index in [0.717, 1.165) is 37.0 Å². The van der Waals surface area contributed by atoms with Crippen LogP contribution >= 0.6 is 22.0 Å². The van der Waals surface area contributed by atoms with E-state index in [4.69, 9.17) is 15.4 Å². The van der Waals surface area contributed by atoms with Gasteiger partial charge in [-0.25, -0.2) is 13.2 Å².